The van der Waals surface area contributed by atoms with Gasteiger partial charge in [0.25, 0.3) is 0 Å². The van der Waals surface area contributed by atoms with Crippen molar-refractivity contribution in [2.75, 3.05) is 11.4 Å². The van der Waals surface area contributed by atoms with Crippen molar-refractivity contribution in [3.63, 3.8) is 0 Å². The van der Waals surface area contributed by atoms with E-state index in [0.717, 1.165) is 15.7 Å². The van der Waals surface area contributed by atoms with Crippen LogP contribution in [0, 0.1) is 5.92 Å². The summed E-state index contributed by atoms with van der Waals surface area (Å²) in [4.78, 5) is 26.5. The third-order valence-electron chi connectivity index (χ3n) is 4.02. The fourth-order valence-electron chi connectivity index (χ4n) is 2.76. The molecule has 0 aliphatic carbocycles. The van der Waals surface area contributed by atoms with Crippen LogP contribution < -0.4 is 10.2 Å². The Morgan fingerprint density at radius 2 is 2.00 bits per heavy atom. The van der Waals surface area contributed by atoms with E-state index in [9.17, 15) is 9.59 Å². The Hall–Kier alpha value is -1.85. The summed E-state index contributed by atoms with van der Waals surface area (Å²) in [5.74, 6) is -1.02. The van der Waals surface area contributed by atoms with Crippen LogP contribution in [0.1, 0.15) is 12.0 Å². The maximum atomic E-state index is 12.5. The Morgan fingerprint density at radius 1 is 1.25 bits per heavy atom. The lowest BCUT2D eigenvalue weighted by atomic mass is 10.1. The van der Waals surface area contributed by atoms with E-state index in [2.05, 4.69) is 21.2 Å². The Bertz CT molecular complexity index is 764. The van der Waals surface area contributed by atoms with Gasteiger partial charge in [-0.1, -0.05) is 39.7 Å². The molecule has 0 saturated carbocycles. The van der Waals surface area contributed by atoms with E-state index in [4.69, 9.17) is 11.6 Å². The van der Waals surface area contributed by atoms with Crippen molar-refractivity contribution in [2.24, 2.45) is 5.92 Å². The van der Waals surface area contributed by atoms with Crippen molar-refractivity contribution >= 4 is 45.0 Å². The monoisotopic (exact) mass is 406 g/mol. The molecular weight excluding hydrogens is 392 g/mol. The lowest BCUT2D eigenvalue weighted by Gasteiger charge is -2.17. The number of nitrogens with one attached hydrogen (secondary N) is 1. The molecule has 4 nitrogen and oxygen atoms in total. The minimum absolute atomic E-state index is 0.163. The van der Waals surface area contributed by atoms with Gasteiger partial charge >= 0.3 is 0 Å². The zero-order valence-electron chi connectivity index (χ0n) is 12.8. The molecule has 2 aromatic rings. The second-order valence-electron chi connectivity index (χ2n) is 5.66. The number of anilines is 1. The van der Waals surface area contributed by atoms with Crippen LogP contribution in [-0.2, 0) is 16.1 Å². The molecule has 0 unspecified atom stereocenters. The maximum Gasteiger partial charge on any atom is 0.239 e. The van der Waals surface area contributed by atoms with Gasteiger partial charge in [0, 0.05) is 28.3 Å². The van der Waals surface area contributed by atoms with Crippen LogP contribution in [0.2, 0.25) is 5.02 Å². The molecule has 0 aromatic heterocycles. The van der Waals surface area contributed by atoms with Gasteiger partial charge in [0.1, 0.15) is 5.92 Å². The van der Waals surface area contributed by atoms with Gasteiger partial charge in [-0.05, 0) is 48.4 Å². The average molecular weight is 408 g/mol. The van der Waals surface area contributed by atoms with E-state index in [0.29, 0.717) is 24.5 Å². The Labute approximate surface area is 153 Å². The molecule has 0 spiro atoms. The van der Waals surface area contributed by atoms with E-state index < -0.39 is 5.92 Å². The van der Waals surface area contributed by atoms with E-state index in [-0.39, 0.29) is 11.8 Å². The molecule has 0 bridgehead atoms. The predicted octanol–water partition coefficient (Wildman–Crippen LogP) is 3.77. The summed E-state index contributed by atoms with van der Waals surface area (Å²) in [6.45, 7) is 0.943. The van der Waals surface area contributed by atoms with Crippen LogP contribution in [0.3, 0.4) is 0 Å². The van der Waals surface area contributed by atoms with Crippen LogP contribution in [0.25, 0.3) is 0 Å². The molecule has 2 aromatic carbocycles. The van der Waals surface area contributed by atoms with Gasteiger partial charge in [-0.2, -0.15) is 0 Å². The molecule has 1 fully saturated rings. The zero-order chi connectivity index (χ0) is 17.1. The highest BCUT2D eigenvalue weighted by molar-refractivity contribution is 9.10. The molecule has 1 aliphatic rings. The number of carbonyl (C=O) groups excluding carboxylic acids is 2. The minimum atomic E-state index is -0.632. The van der Waals surface area contributed by atoms with E-state index in [1.54, 1.807) is 29.2 Å². The van der Waals surface area contributed by atoms with Crippen molar-refractivity contribution in [1.29, 1.82) is 0 Å². The summed E-state index contributed by atoms with van der Waals surface area (Å²) in [6.07, 6.45) is 0.520. The number of rotatable bonds is 4. The van der Waals surface area contributed by atoms with Gasteiger partial charge in [0.15, 0.2) is 0 Å². The summed E-state index contributed by atoms with van der Waals surface area (Å²) in [5.41, 5.74) is 1.75. The second-order valence-corrected chi connectivity index (χ2v) is 7.01. The van der Waals surface area contributed by atoms with Crippen LogP contribution in [-0.4, -0.2) is 18.4 Å². The number of hydrogen-bond donors (Lipinski definition) is 1. The molecule has 24 heavy (non-hydrogen) atoms. The number of amides is 2. The Balaban J connectivity index is 1.62. The molecule has 1 saturated heterocycles. The maximum absolute atomic E-state index is 12.5. The van der Waals surface area contributed by atoms with Crippen molar-refractivity contribution in [3.8, 4) is 0 Å². The van der Waals surface area contributed by atoms with Crippen LogP contribution in [0.4, 0.5) is 5.69 Å². The highest BCUT2D eigenvalue weighted by Gasteiger charge is 2.37. The smallest absolute Gasteiger partial charge is 0.239 e. The number of benzene rings is 2. The number of hydrogen-bond acceptors (Lipinski definition) is 2. The summed E-state index contributed by atoms with van der Waals surface area (Å²) >= 11 is 9.27. The SMILES string of the molecule is O=C(NCc1cccc(Br)c1)[C@@H]1CCN(c2ccc(Cl)cc2)C1=O. The zero-order valence-corrected chi connectivity index (χ0v) is 15.2. The van der Waals surface area contributed by atoms with Gasteiger partial charge < -0.3 is 10.2 Å². The van der Waals surface area contributed by atoms with Crippen LogP contribution in [0.15, 0.2) is 53.0 Å². The lowest BCUT2D eigenvalue weighted by molar-refractivity contribution is -0.132. The number of nitrogens with zero attached hydrogens (tertiary/aromatic N) is 1. The summed E-state index contributed by atoms with van der Waals surface area (Å²) in [7, 11) is 0. The first-order valence-electron chi connectivity index (χ1n) is 7.64. The first-order chi connectivity index (χ1) is 11.5. The van der Waals surface area contributed by atoms with Crippen molar-refractivity contribution < 1.29 is 9.59 Å². The van der Waals surface area contributed by atoms with Gasteiger partial charge in [-0.25, -0.2) is 0 Å². The fraction of sp³-hybridized carbons (Fsp3) is 0.222. The summed E-state index contributed by atoms with van der Waals surface area (Å²) in [5, 5.41) is 3.47. The summed E-state index contributed by atoms with van der Waals surface area (Å²) in [6, 6.07) is 14.8. The average Bonchev–Trinajstić information content (AvgIpc) is 2.95. The summed E-state index contributed by atoms with van der Waals surface area (Å²) < 4.78 is 0.958. The van der Waals surface area contributed by atoms with Gasteiger partial charge in [0.2, 0.25) is 11.8 Å². The van der Waals surface area contributed by atoms with Gasteiger partial charge in [-0.3, -0.25) is 9.59 Å². The molecule has 1 N–H and O–H groups in total. The highest BCUT2D eigenvalue weighted by atomic mass is 79.9. The second kappa shape index (κ2) is 7.36. The quantitative estimate of drug-likeness (QED) is 0.784. The third-order valence-corrected chi connectivity index (χ3v) is 4.76. The lowest BCUT2D eigenvalue weighted by Crippen LogP contribution is -2.36. The van der Waals surface area contributed by atoms with Crippen molar-refractivity contribution in [2.45, 2.75) is 13.0 Å². The molecule has 6 heteroatoms. The van der Waals surface area contributed by atoms with Gasteiger partial charge in [-0.15, -0.1) is 0 Å². The highest BCUT2D eigenvalue weighted by Crippen LogP contribution is 2.26. The standard InChI is InChI=1S/C18H16BrClN2O2/c19-13-3-1-2-12(10-13)11-21-17(23)16-8-9-22(18(16)24)15-6-4-14(20)5-7-15/h1-7,10,16H,8-9,11H2,(H,21,23)/t16-/m0/s1. The molecule has 124 valence electrons. The molecule has 3 rings (SSSR count). The molecule has 1 atom stereocenters. The largest absolute Gasteiger partial charge is 0.351 e. The van der Waals surface area contributed by atoms with Crippen LogP contribution in [0.5, 0.6) is 0 Å². The predicted molar refractivity (Wildman–Crippen MR) is 97.9 cm³/mol. The van der Waals surface area contributed by atoms with Crippen molar-refractivity contribution in [3.05, 3.63) is 63.6 Å². The minimum Gasteiger partial charge on any atom is -0.351 e. The van der Waals surface area contributed by atoms with Crippen molar-refractivity contribution in [1.82, 2.24) is 5.32 Å². The third kappa shape index (κ3) is 3.79. The molecule has 2 amide bonds. The van der Waals surface area contributed by atoms with Gasteiger partial charge in [0.05, 0.1) is 0 Å². The van der Waals surface area contributed by atoms with E-state index in [1.165, 1.54) is 0 Å². The normalized spacial score (nSPS) is 17.2. The first-order valence-corrected chi connectivity index (χ1v) is 8.81. The Kier molecular flexibility index (Phi) is 5.21. The van der Waals surface area contributed by atoms with E-state index in [1.807, 2.05) is 24.3 Å². The molecule has 1 aliphatic heterocycles. The van der Waals surface area contributed by atoms with E-state index >= 15 is 0 Å². The molecule has 0 radical (unpaired) electrons. The topological polar surface area (TPSA) is 49.4 Å². The number of carbonyl (C=O) groups is 2. The molecular formula is C18H16BrClN2O2. The number of halogens is 2. The van der Waals surface area contributed by atoms with Crippen LogP contribution >= 0.6 is 27.5 Å². The Morgan fingerprint density at radius 3 is 2.71 bits per heavy atom. The molecule has 1 heterocycles. The fourth-order valence-corrected chi connectivity index (χ4v) is 3.33. The first kappa shape index (κ1) is 17.0.